The highest BCUT2D eigenvalue weighted by molar-refractivity contribution is 7.93. The summed E-state index contributed by atoms with van der Waals surface area (Å²) in [6.45, 7) is 0.683. The summed E-state index contributed by atoms with van der Waals surface area (Å²) in [6.07, 6.45) is -2.87. The Morgan fingerprint density at radius 3 is 2.79 bits per heavy atom. The van der Waals surface area contributed by atoms with E-state index in [2.05, 4.69) is 4.72 Å². The predicted molar refractivity (Wildman–Crippen MR) is 114 cm³/mol. The van der Waals surface area contributed by atoms with Gasteiger partial charge in [-0.25, -0.2) is 17.6 Å². The second-order valence-electron chi connectivity index (χ2n) is 7.64. The van der Waals surface area contributed by atoms with E-state index in [1.807, 2.05) is 0 Å². The van der Waals surface area contributed by atoms with E-state index in [1.165, 1.54) is 6.08 Å². The summed E-state index contributed by atoms with van der Waals surface area (Å²) >= 11 is 5.93. The second-order valence-corrected chi connectivity index (χ2v) is 9.91. The first-order valence-electron chi connectivity index (χ1n) is 10.2. The summed E-state index contributed by atoms with van der Waals surface area (Å²) in [5.41, 5.74) is -0.303. The number of ether oxygens (including phenoxy) is 3. The number of esters is 1. The van der Waals surface area contributed by atoms with Crippen LogP contribution in [-0.2, 0) is 29.0 Å². The minimum atomic E-state index is -4.24. The molecule has 33 heavy (non-hydrogen) atoms. The summed E-state index contributed by atoms with van der Waals surface area (Å²) in [7, 11) is -4.24. The smallest absolute Gasteiger partial charge is 0.335 e. The molecule has 1 aliphatic heterocycles. The molecule has 1 aliphatic carbocycles. The number of rotatable bonds is 8. The van der Waals surface area contributed by atoms with Crippen LogP contribution in [0.4, 0.5) is 10.1 Å². The summed E-state index contributed by atoms with van der Waals surface area (Å²) in [5.74, 6) is -3.07. The van der Waals surface area contributed by atoms with Crippen LogP contribution in [0.1, 0.15) is 19.8 Å². The Labute approximate surface area is 195 Å². The molecule has 5 unspecified atom stereocenters. The van der Waals surface area contributed by atoms with E-state index >= 15 is 0 Å². The van der Waals surface area contributed by atoms with Crippen LogP contribution in [0, 0.1) is 5.82 Å². The molecule has 4 N–H and O–H groups in total. The molecular weight excluding hydrogens is 485 g/mol. The van der Waals surface area contributed by atoms with E-state index in [-0.39, 0.29) is 42.3 Å². The third-order valence-electron chi connectivity index (χ3n) is 5.35. The van der Waals surface area contributed by atoms with Gasteiger partial charge in [0.2, 0.25) is 10.0 Å². The predicted octanol–water partition coefficient (Wildman–Crippen LogP) is 0.698. The highest BCUT2D eigenvalue weighted by Crippen LogP contribution is 2.40. The first-order valence-corrected chi connectivity index (χ1v) is 12.1. The average Bonchev–Trinajstić information content (AvgIpc) is 3.17. The topological polar surface area (TPSA) is 152 Å². The lowest BCUT2D eigenvalue weighted by atomic mass is 9.94. The minimum absolute atomic E-state index is 0.00290. The fraction of sp³-hybridized carbons (Fsp3) is 0.550. The van der Waals surface area contributed by atoms with Crippen LogP contribution >= 0.6 is 11.6 Å². The Hall–Kier alpha value is -1.80. The standard InChI is InChI=1S/C20H25ClFNO9S/c1-2-30-19(27)12-8-20(31-10-16(32-20)18(26)15(25)9-24)6-5-17(12)33(28,29)23-14-4-3-11(22)7-13(14)21/h3-4,7-8,15-18,23-26H,2,5-6,9-10H2,1H3. The molecule has 0 bridgehead atoms. The van der Waals surface area contributed by atoms with Crippen molar-refractivity contribution in [1.82, 2.24) is 0 Å². The number of hydrogen-bond acceptors (Lipinski definition) is 9. The lowest BCUT2D eigenvalue weighted by Crippen LogP contribution is -2.44. The van der Waals surface area contributed by atoms with E-state index in [0.29, 0.717) is 0 Å². The van der Waals surface area contributed by atoms with Crippen LogP contribution in [-0.4, -0.2) is 78.9 Å². The number of aliphatic hydroxyl groups is 3. The molecule has 0 saturated carbocycles. The SMILES string of the molecule is CCOC(=O)C1=CC2(CCC1S(=O)(=O)Nc1ccc(F)cc1Cl)OCC(C(O)C(O)CO)O2. The van der Waals surface area contributed by atoms with E-state index in [9.17, 15) is 27.8 Å². The number of sulfonamides is 1. The van der Waals surface area contributed by atoms with Gasteiger partial charge in [-0.3, -0.25) is 4.72 Å². The van der Waals surface area contributed by atoms with Gasteiger partial charge in [-0.15, -0.1) is 0 Å². The van der Waals surface area contributed by atoms with Crippen molar-refractivity contribution in [1.29, 1.82) is 0 Å². The minimum Gasteiger partial charge on any atom is -0.463 e. The number of anilines is 1. The molecular formula is C20H25ClFNO9S. The Morgan fingerprint density at radius 1 is 1.42 bits per heavy atom. The van der Waals surface area contributed by atoms with Crippen LogP contribution in [0.3, 0.4) is 0 Å². The summed E-state index contributed by atoms with van der Waals surface area (Å²) in [5, 5.41) is 27.3. The van der Waals surface area contributed by atoms with Crippen molar-refractivity contribution in [2.45, 2.75) is 49.1 Å². The van der Waals surface area contributed by atoms with Crippen molar-refractivity contribution in [2.75, 3.05) is 24.5 Å². The van der Waals surface area contributed by atoms with E-state index < -0.39 is 57.8 Å². The zero-order valence-corrected chi connectivity index (χ0v) is 19.2. The van der Waals surface area contributed by atoms with Gasteiger partial charge in [-0.1, -0.05) is 11.6 Å². The average molecular weight is 510 g/mol. The Kier molecular flexibility index (Phi) is 7.99. The zero-order valence-electron chi connectivity index (χ0n) is 17.6. The first-order chi connectivity index (χ1) is 15.5. The van der Waals surface area contributed by atoms with E-state index in [4.69, 9.17) is 30.9 Å². The fourth-order valence-electron chi connectivity index (χ4n) is 3.69. The number of nitrogens with one attached hydrogen (secondary N) is 1. The van der Waals surface area contributed by atoms with Crippen molar-refractivity contribution >= 4 is 33.3 Å². The maximum Gasteiger partial charge on any atom is 0.335 e. The molecule has 1 saturated heterocycles. The number of halogens is 2. The highest BCUT2D eigenvalue weighted by Gasteiger charge is 2.50. The fourth-order valence-corrected chi connectivity index (χ4v) is 5.52. The molecule has 0 radical (unpaired) electrons. The first kappa shape index (κ1) is 25.8. The summed E-state index contributed by atoms with van der Waals surface area (Å²) in [6, 6.07) is 3.15. The van der Waals surface area contributed by atoms with Gasteiger partial charge in [0.25, 0.3) is 0 Å². The van der Waals surface area contributed by atoms with Crippen LogP contribution in [0.5, 0.6) is 0 Å². The van der Waals surface area contributed by atoms with Crippen molar-refractivity contribution in [2.24, 2.45) is 0 Å². The maximum atomic E-state index is 13.3. The molecule has 3 rings (SSSR count). The number of hydrogen-bond donors (Lipinski definition) is 4. The van der Waals surface area contributed by atoms with Gasteiger partial charge in [0, 0.05) is 6.42 Å². The third kappa shape index (κ3) is 5.65. The molecule has 1 heterocycles. The lowest BCUT2D eigenvalue weighted by Gasteiger charge is -2.34. The number of aliphatic hydroxyl groups excluding tert-OH is 3. The zero-order chi connectivity index (χ0) is 24.4. The largest absolute Gasteiger partial charge is 0.463 e. The quantitative estimate of drug-likeness (QED) is 0.371. The molecule has 0 amide bonds. The summed E-state index contributed by atoms with van der Waals surface area (Å²) in [4.78, 5) is 12.6. The second kappa shape index (κ2) is 10.2. The molecule has 10 nitrogen and oxygen atoms in total. The Bertz CT molecular complexity index is 1020. The van der Waals surface area contributed by atoms with Crippen molar-refractivity contribution < 1.29 is 47.1 Å². The van der Waals surface area contributed by atoms with Gasteiger partial charge in [0.15, 0.2) is 5.79 Å². The van der Waals surface area contributed by atoms with Crippen LogP contribution in [0.2, 0.25) is 5.02 Å². The molecule has 0 aromatic heterocycles. The highest BCUT2D eigenvalue weighted by atomic mass is 35.5. The molecule has 13 heteroatoms. The third-order valence-corrected chi connectivity index (χ3v) is 7.41. The molecule has 5 atom stereocenters. The van der Waals surface area contributed by atoms with Crippen molar-refractivity contribution in [3.63, 3.8) is 0 Å². The van der Waals surface area contributed by atoms with E-state index in [0.717, 1.165) is 18.2 Å². The summed E-state index contributed by atoms with van der Waals surface area (Å²) < 4.78 is 58.2. The number of carbonyl (C=O) groups is 1. The van der Waals surface area contributed by atoms with Crippen LogP contribution < -0.4 is 4.72 Å². The molecule has 1 aromatic carbocycles. The maximum absolute atomic E-state index is 13.3. The number of benzene rings is 1. The van der Waals surface area contributed by atoms with Gasteiger partial charge in [-0.2, -0.15) is 0 Å². The van der Waals surface area contributed by atoms with Gasteiger partial charge < -0.3 is 29.5 Å². The molecule has 184 valence electrons. The van der Waals surface area contributed by atoms with Gasteiger partial charge in [0.05, 0.1) is 36.1 Å². The molecule has 2 aliphatic rings. The molecule has 1 spiro atoms. The normalized spacial score (nSPS) is 27.2. The lowest BCUT2D eigenvalue weighted by molar-refractivity contribution is -0.163. The van der Waals surface area contributed by atoms with E-state index in [1.54, 1.807) is 6.92 Å². The number of carbonyl (C=O) groups excluding carboxylic acids is 1. The van der Waals surface area contributed by atoms with Gasteiger partial charge in [-0.05, 0) is 37.6 Å². The molecule has 1 fully saturated rings. The van der Waals surface area contributed by atoms with Crippen LogP contribution in [0.25, 0.3) is 0 Å². The molecule has 1 aromatic rings. The van der Waals surface area contributed by atoms with Crippen LogP contribution in [0.15, 0.2) is 29.8 Å². The van der Waals surface area contributed by atoms with Gasteiger partial charge in [0.1, 0.15) is 29.4 Å². The monoisotopic (exact) mass is 509 g/mol. The van der Waals surface area contributed by atoms with Crippen molar-refractivity contribution in [3.05, 3.63) is 40.7 Å². The van der Waals surface area contributed by atoms with Gasteiger partial charge >= 0.3 is 5.97 Å². The Balaban J connectivity index is 1.90. The Morgan fingerprint density at radius 2 is 2.15 bits per heavy atom. The van der Waals surface area contributed by atoms with Crippen molar-refractivity contribution in [3.8, 4) is 0 Å².